The van der Waals surface area contributed by atoms with Gasteiger partial charge in [-0.25, -0.2) is 5.01 Å². The Morgan fingerprint density at radius 2 is 2.07 bits per heavy atom. The van der Waals surface area contributed by atoms with Gasteiger partial charge in [-0.05, 0) is 68.3 Å². The summed E-state index contributed by atoms with van der Waals surface area (Å²) in [5.74, 6) is 1.60. The Balaban J connectivity index is 1.56. The van der Waals surface area contributed by atoms with E-state index in [0.29, 0.717) is 19.0 Å². The third-order valence-corrected chi connectivity index (χ3v) is 5.74. The van der Waals surface area contributed by atoms with Crippen LogP contribution >= 0.6 is 0 Å². The average molecular weight is 381 g/mol. The van der Waals surface area contributed by atoms with Crippen molar-refractivity contribution >= 4 is 11.6 Å². The fourth-order valence-electron chi connectivity index (χ4n) is 4.04. The molecular formula is C22H27N3O3. The van der Waals surface area contributed by atoms with Crippen LogP contribution in [0.3, 0.4) is 0 Å². The Bertz CT molecular complexity index is 829. The van der Waals surface area contributed by atoms with Crippen LogP contribution in [0.1, 0.15) is 50.0 Å². The van der Waals surface area contributed by atoms with Crippen LogP contribution in [0.4, 0.5) is 0 Å². The normalized spacial score (nSPS) is 22.9. The molecule has 0 bridgehead atoms. The molecule has 28 heavy (non-hydrogen) atoms. The molecule has 1 saturated heterocycles. The van der Waals surface area contributed by atoms with Gasteiger partial charge in [0.1, 0.15) is 17.6 Å². The Hall–Kier alpha value is -2.60. The highest BCUT2D eigenvalue weighted by Gasteiger charge is 2.36. The lowest BCUT2D eigenvalue weighted by molar-refractivity contribution is -0.135. The number of hydrazone groups is 1. The molecule has 6 nitrogen and oxygen atoms in total. The van der Waals surface area contributed by atoms with Crippen LogP contribution in [-0.2, 0) is 4.79 Å². The Kier molecular flexibility index (Phi) is 5.48. The second-order valence-corrected chi connectivity index (χ2v) is 7.56. The van der Waals surface area contributed by atoms with Crippen LogP contribution in [0.25, 0.3) is 0 Å². The maximum atomic E-state index is 13.2. The van der Waals surface area contributed by atoms with E-state index >= 15 is 0 Å². The number of hydrogen-bond donors (Lipinski definition) is 0. The topological polar surface area (TPSA) is 58.3 Å². The zero-order valence-electron chi connectivity index (χ0n) is 16.5. The summed E-state index contributed by atoms with van der Waals surface area (Å²) in [5.41, 5.74) is 1.89. The number of methoxy groups -OCH3 is 1. The third kappa shape index (κ3) is 3.83. The van der Waals surface area contributed by atoms with Crippen molar-refractivity contribution in [1.82, 2.24) is 9.91 Å². The largest absolute Gasteiger partial charge is 0.497 e. The maximum Gasteiger partial charge on any atom is 0.257 e. The molecule has 1 aromatic heterocycles. The predicted molar refractivity (Wildman–Crippen MR) is 107 cm³/mol. The molecule has 2 aromatic rings. The highest BCUT2D eigenvalue weighted by Crippen LogP contribution is 2.33. The maximum absolute atomic E-state index is 13.2. The van der Waals surface area contributed by atoms with E-state index in [1.807, 2.05) is 36.4 Å². The van der Waals surface area contributed by atoms with Crippen molar-refractivity contribution in [2.24, 2.45) is 5.10 Å². The highest BCUT2D eigenvalue weighted by molar-refractivity contribution is 6.03. The molecule has 1 fully saturated rings. The van der Waals surface area contributed by atoms with Crippen LogP contribution in [0.2, 0.25) is 0 Å². The van der Waals surface area contributed by atoms with Crippen LogP contribution in [0, 0.1) is 0 Å². The van der Waals surface area contributed by atoms with Gasteiger partial charge >= 0.3 is 0 Å². The van der Waals surface area contributed by atoms with Crippen molar-refractivity contribution in [3.63, 3.8) is 0 Å². The van der Waals surface area contributed by atoms with Crippen LogP contribution in [0.5, 0.6) is 5.75 Å². The summed E-state index contributed by atoms with van der Waals surface area (Å²) < 4.78 is 10.9. The Labute approximate surface area is 165 Å². The first-order chi connectivity index (χ1) is 13.7. The number of likely N-dealkylation sites (tertiary alicyclic amines) is 1. The SMILES string of the molecule is COc1ccc(C2=NN(C(=O)CN3CCCCC3C)C(c3ccco3)C2)cc1. The van der Waals surface area contributed by atoms with Crippen molar-refractivity contribution in [3.8, 4) is 5.75 Å². The van der Waals surface area contributed by atoms with E-state index in [4.69, 9.17) is 14.3 Å². The molecule has 0 saturated carbocycles. The number of hydrogen-bond acceptors (Lipinski definition) is 5. The lowest BCUT2D eigenvalue weighted by atomic mass is 10.0. The number of carbonyl (C=O) groups is 1. The fourth-order valence-corrected chi connectivity index (χ4v) is 4.04. The molecule has 0 radical (unpaired) electrons. The predicted octanol–water partition coefficient (Wildman–Crippen LogP) is 3.84. The second kappa shape index (κ2) is 8.19. The van der Waals surface area contributed by atoms with E-state index in [0.717, 1.165) is 42.2 Å². The molecule has 3 heterocycles. The molecule has 0 N–H and O–H groups in total. The first-order valence-electron chi connectivity index (χ1n) is 9.97. The molecule has 2 aliphatic rings. The number of amides is 1. The third-order valence-electron chi connectivity index (χ3n) is 5.74. The summed E-state index contributed by atoms with van der Waals surface area (Å²) in [6.07, 6.45) is 5.83. The Morgan fingerprint density at radius 1 is 1.25 bits per heavy atom. The summed E-state index contributed by atoms with van der Waals surface area (Å²) in [5, 5.41) is 6.34. The number of piperidine rings is 1. The van der Waals surface area contributed by atoms with Gasteiger partial charge in [0, 0.05) is 12.5 Å². The molecular weight excluding hydrogens is 354 g/mol. The van der Waals surface area contributed by atoms with E-state index in [9.17, 15) is 4.79 Å². The molecule has 4 rings (SSSR count). The highest BCUT2D eigenvalue weighted by atomic mass is 16.5. The number of ether oxygens (including phenoxy) is 1. The summed E-state index contributed by atoms with van der Waals surface area (Å²) in [6, 6.07) is 11.8. The minimum Gasteiger partial charge on any atom is -0.497 e. The van der Waals surface area contributed by atoms with Crippen LogP contribution in [0.15, 0.2) is 52.2 Å². The summed E-state index contributed by atoms with van der Waals surface area (Å²) >= 11 is 0. The lowest BCUT2D eigenvalue weighted by Crippen LogP contribution is -2.44. The smallest absolute Gasteiger partial charge is 0.257 e. The van der Waals surface area contributed by atoms with Crippen molar-refractivity contribution in [3.05, 3.63) is 54.0 Å². The van der Waals surface area contributed by atoms with Gasteiger partial charge in [0.15, 0.2) is 0 Å². The zero-order valence-corrected chi connectivity index (χ0v) is 16.5. The minimum atomic E-state index is -0.195. The second-order valence-electron chi connectivity index (χ2n) is 7.56. The summed E-state index contributed by atoms with van der Waals surface area (Å²) in [4.78, 5) is 15.4. The quantitative estimate of drug-likeness (QED) is 0.790. The average Bonchev–Trinajstić information content (AvgIpc) is 3.39. The van der Waals surface area contributed by atoms with Gasteiger partial charge in [-0.1, -0.05) is 6.42 Å². The van der Waals surface area contributed by atoms with E-state index in [2.05, 4.69) is 11.8 Å². The molecule has 148 valence electrons. The van der Waals surface area contributed by atoms with Gasteiger partial charge in [-0.2, -0.15) is 5.10 Å². The van der Waals surface area contributed by atoms with Gasteiger partial charge in [-0.15, -0.1) is 0 Å². The first-order valence-corrected chi connectivity index (χ1v) is 9.97. The Morgan fingerprint density at radius 3 is 2.75 bits per heavy atom. The number of carbonyl (C=O) groups excluding carboxylic acids is 1. The summed E-state index contributed by atoms with van der Waals surface area (Å²) in [7, 11) is 1.65. The van der Waals surface area contributed by atoms with Crippen molar-refractivity contribution in [1.29, 1.82) is 0 Å². The number of nitrogens with zero attached hydrogens (tertiary/aromatic N) is 3. The van der Waals surface area contributed by atoms with Gasteiger partial charge in [0.25, 0.3) is 5.91 Å². The summed E-state index contributed by atoms with van der Waals surface area (Å²) in [6.45, 7) is 3.57. The minimum absolute atomic E-state index is 0.0265. The lowest BCUT2D eigenvalue weighted by Gasteiger charge is -2.33. The molecule has 2 aliphatic heterocycles. The molecule has 2 unspecified atom stereocenters. The van der Waals surface area contributed by atoms with E-state index < -0.39 is 0 Å². The monoisotopic (exact) mass is 381 g/mol. The molecule has 6 heteroatoms. The molecule has 2 atom stereocenters. The number of rotatable bonds is 5. The van der Waals surface area contributed by atoms with Crippen LogP contribution in [-0.4, -0.2) is 47.8 Å². The van der Waals surface area contributed by atoms with Crippen molar-refractivity contribution in [2.75, 3.05) is 20.2 Å². The zero-order chi connectivity index (χ0) is 19.5. The van der Waals surface area contributed by atoms with Crippen LogP contribution < -0.4 is 4.74 Å². The molecule has 0 aliphatic carbocycles. The molecule has 0 spiro atoms. The van der Waals surface area contributed by atoms with Crippen molar-refractivity contribution < 1.29 is 13.9 Å². The van der Waals surface area contributed by atoms with E-state index in [-0.39, 0.29) is 11.9 Å². The van der Waals surface area contributed by atoms with E-state index in [1.54, 1.807) is 18.4 Å². The molecule has 1 amide bonds. The first kappa shape index (κ1) is 18.7. The molecule has 1 aromatic carbocycles. The van der Waals surface area contributed by atoms with Gasteiger partial charge in [-0.3, -0.25) is 9.69 Å². The fraction of sp³-hybridized carbons (Fsp3) is 0.455. The van der Waals surface area contributed by atoms with Gasteiger partial charge in [0.05, 0.1) is 25.6 Å². The van der Waals surface area contributed by atoms with Gasteiger partial charge in [0.2, 0.25) is 0 Å². The standard InChI is InChI=1S/C22H27N3O3/c1-16-6-3-4-12-24(16)15-22(26)25-20(21-7-5-13-28-21)14-19(23-25)17-8-10-18(27-2)11-9-17/h5,7-11,13,16,20H,3-4,6,12,14-15H2,1-2H3. The number of benzene rings is 1. The van der Waals surface area contributed by atoms with Gasteiger partial charge < -0.3 is 9.15 Å². The number of furan rings is 1. The van der Waals surface area contributed by atoms with Crippen molar-refractivity contribution in [2.45, 2.75) is 44.7 Å². The van der Waals surface area contributed by atoms with E-state index in [1.165, 1.54) is 6.42 Å².